The van der Waals surface area contributed by atoms with E-state index in [1.165, 1.54) is 0 Å². The van der Waals surface area contributed by atoms with Crippen LogP contribution in [0, 0.1) is 0 Å². The van der Waals surface area contributed by atoms with Crippen molar-refractivity contribution in [2.24, 2.45) is 0 Å². The van der Waals surface area contributed by atoms with Crippen molar-refractivity contribution in [2.75, 3.05) is 19.8 Å². The average molecular weight is 511 g/mol. The van der Waals surface area contributed by atoms with Crippen molar-refractivity contribution in [3.05, 3.63) is 12.7 Å². The zero-order valence-corrected chi connectivity index (χ0v) is 26.3. The van der Waals surface area contributed by atoms with Crippen LogP contribution in [0.5, 0.6) is 0 Å². The predicted molar refractivity (Wildman–Crippen MR) is 138 cm³/mol. The van der Waals surface area contributed by atoms with Gasteiger partial charge in [-0.05, 0) is 58.8 Å². The van der Waals surface area contributed by atoms with Gasteiger partial charge in [-0.15, -0.1) is 0 Å². The van der Waals surface area contributed by atoms with Crippen LogP contribution < -0.4 is 0 Å². The fourth-order valence-corrected chi connectivity index (χ4v) is 21.8. The summed E-state index contributed by atoms with van der Waals surface area (Å²) in [4.78, 5) is 11.1. The third kappa shape index (κ3) is 12.9. The van der Waals surface area contributed by atoms with E-state index in [0.717, 1.165) is 18.5 Å². The number of ether oxygens (including phenoxy) is 2. The van der Waals surface area contributed by atoms with Crippen molar-refractivity contribution < 1.29 is 26.6 Å². The summed E-state index contributed by atoms with van der Waals surface area (Å²) < 4.78 is 31.3. The van der Waals surface area contributed by atoms with Crippen molar-refractivity contribution >= 4 is 46.8 Å². The van der Waals surface area contributed by atoms with Gasteiger partial charge in [0.2, 0.25) is 0 Å². The second-order valence-electron chi connectivity index (χ2n) is 11.1. The molecule has 0 saturated carbocycles. The molecule has 0 amide bonds. The number of esters is 1. The van der Waals surface area contributed by atoms with Gasteiger partial charge in [0.1, 0.15) is 6.61 Å². The minimum atomic E-state index is -2.86. The quantitative estimate of drug-likeness (QED) is 0.127. The number of carbonyl (C=O) groups is 1. The molecule has 6 nitrogen and oxygen atoms in total. The maximum atomic E-state index is 11.1. The Morgan fingerprint density at radius 1 is 0.767 bits per heavy atom. The van der Waals surface area contributed by atoms with Crippen LogP contribution in [-0.4, -0.2) is 66.7 Å². The molecule has 0 aliphatic rings. The topological polar surface area (TPSA) is 63.2 Å². The molecule has 178 valence electrons. The van der Waals surface area contributed by atoms with Gasteiger partial charge in [-0.2, -0.15) is 0 Å². The molecular formula is C19H46O6Si5. The van der Waals surface area contributed by atoms with Crippen molar-refractivity contribution in [2.45, 2.75) is 84.5 Å². The summed E-state index contributed by atoms with van der Waals surface area (Å²) in [6.07, 6.45) is 1.95. The number of rotatable bonds is 15. The minimum Gasteiger partial charge on any atom is -0.460 e. The lowest BCUT2D eigenvalue weighted by Gasteiger charge is -2.47. The number of hydrogen-bond acceptors (Lipinski definition) is 6. The van der Waals surface area contributed by atoms with Gasteiger partial charge in [0.05, 0.1) is 14.2 Å². The lowest BCUT2D eigenvalue weighted by Crippen LogP contribution is -2.66. The summed E-state index contributed by atoms with van der Waals surface area (Å²) in [7, 11) is -10.1. The molecule has 0 aromatic rings. The highest BCUT2D eigenvalue weighted by Crippen LogP contribution is 2.33. The second kappa shape index (κ2) is 11.8. The normalized spacial score (nSPS) is 14.0. The Labute approximate surface area is 190 Å². The lowest BCUT2D eigenvalue weighted by atomic mass is 10.5. The predicted octanol–water partition coefficient (Wildman–Crippen LogP) is 5.40. The molecule has 0 aliphatic heterocycles. The number of hydrogen-bond donors (Lipinski definition) is 0. The molecular weight excluding hydrogens is 465 g/mol. The van der Waals surface area contributed by atoms with Crippen LogP contribution in [-0.2, 0) is 26.6 Å². The van der Waals surface area contributed by atoms with Gasteiger partial charge in [-0.3, -0.25) is 0 Å². The Morgan fingerprint density at radius 2 is 1.27 bits per heavy atom. The first-order valence-electron chi connectivity index (χ1n) is 10.8. The van der Waals surface area contributed by atoms with Crippen molar-refractivity contribution in [3.8, 4) is 0 Å². The maximum absolute atomic E-state index is 11.1. The van der Waals surface area contributed by atoms with Gasteiger partial charge < -0.3 is 21.8 Å². The summed E-state index contributed by atoms with van der Waals surface area (Å²) in [6, 6.07) is 0.759. The van der Waals surface area contributed by atoms with E-state index in [9.17, 15) is 4.79 Å². The van der Waals surface area contributed by atoms with Crippen molar-refractivity contribution in [1.29, 1.82) is 0 Å². The summed E-state index contributed by atoms with van der Waals surface area (Å²) in [6.45, 7) is 29.6. The summed E-state index contributed by atoms with van der Waals surface area (Å²) in [5, 5.41) is 0. The average Bonchev–Trinajstić information content (AvgIpc) is 2.48. The van der Waals surface area contributed by atoms with E-state index >= 15 is 0 Å². The molecule has 0 spiro atoms. The Kier molecular flexibility index (Phi) is 11.9. The van der Waals surface area contributed by atoms with Crippen LogP contribution in [0.4, 0.5) is 0 Å². The van der Waals surface area contributed by atoms with E-state index < -0.39 is 46.8 Å². The molecule has 0 atom stereocenters. The SMILES string of the molecule is C=CC(=O)OCCOCCC[Si](O[Si](C)(C)C)(O[Si](C)(C)C)O[Si](C)(C)[Si](C)(C)C. The highest BCUT2D eigenvalue weighted by Gasteiger charge is 2.53. The molecule has 0 unspecified atom stereocenters. The largest absolute Gasteiger partial charge is 0.469 e. The lowest BCUT2D eigenvalue weighted by molar-refractivity contribution is -0.139. The number of carbonyl (C=O) groups excluding carboxylic acids is 1. The molecule has 0 fully saturated rings. The Hall–Kier alpha value is 0.134. The molecule has 0 aromatic carbocycles. The highest BCUT2D eigenvalue weighted by atomic mass is 29.3. The van der Waals surface area contributed by atoms with Crippen LogP contribution >= 0.6 is 0 Å². The van der Waals surface area contributed by atoms with Crippen LogP contribution in [0.1, 0.15) is 6.42 Å². The molecule has 0 saturated heterocycles. The third-order valence-electron chi connectivity index (χ3n) is 4.55. The van der Waals surface area contributed by atoms with Crippen LogP contribution in [0.3, 0.4) is 0 Å². The van der Waals surface area contributed by atoms with E-state index in [-0.39, 0.29) is 6.61 Å². The standard InChI is InChI=1S/C19H46O6Si5/c1-13-19(20)22-17-16-21-15-14-18-30(23-26(2,3)4,24-27(5,6)7)25-29(11,12)28(8,9)10/h13H,1,14-18H2,2-12H3. The van der Waals surface area contributed by atoms with E-state index in [2.05, 4.69) is 78.6 Å². The fraction of sp³-hybridized carbons (Fsp3) is 0.842. The molecule has 0 aliphatic carbocycles. The van der Waals surface area contributed by atoms with Gasteiger partial charge in [-0.25, -0.2) is 4.79 Å². The zero-order chi connectivity index (χ0) is 23.9. The summed E-state index contributed by atoms with van der Waals surface area (Å²) in [5.41, 5.74) is 0. The molecule has 0 bridgehead atoms. The fourth-order valence-electron chi connectivity index (χ4n) is 2.44. The van der Waals surface area contributed by atoms with Crippen molar-refractivity contribution in [3.63, 3.8) is 0 Å². The molecule has 30 heavy (non-hydrogen) atoms. The maximum Gasteiger partial charge on any atom is 0.469 e. The van der Waals surface area contributed by atoms with Crippen LogP contribution in [0.2, 0.25) is 78.1 Å². The molecule has 0 radical (unpaired) electrons. The molecule has 0 N–H and O–H groups in total. The van der Waals surface area contributed by atoms with Crippen molar-refractivity contribution in [1.82, 2.24) is 0 Å². The molecule has 11 heteroatoms. The monoisotopic (exact) mass is 510 g/mol. The second-order valence-corrected chi connectivity index (χ2v) is 39.5. The van der Waals surface area contributed by atoms with Gasteiger partial charge in [-0.1, -0.05) is 26.2 Å². The van der Waals surface area contributed by atoms with Gasteiger partial charge >= 0.3 is 14.8 Å². The first-order valence-corrected chi connectivity index (χ1v) is 27.0. The Bertz CT molecular complexity index is 533. The van der Waals surface area contributed by atoms with Gasteiger partial charge in [0, 0.05) is 18.7 Å². The Balaban J connectivity index is 5.33. The van der Waals surface area contributed by atoms with Crippen LogP contribution in [0.15, 0.2) is 12.7 Å². The van der Waals surface area contributed by atoms with Gasteiger partial charge in [0.15, 0.2) is 24.5 Å². The first kappa shape index (κ1) is 30.1. The van der Waals surface area contributed by atoms with E-state index in [1.54, 1.807) is 0 Å². The van der Waals surface area contributed by atoms with Gasteiger partial charge in [0.25, 0.3) is 0 Å². The Morgan fingerprint density at radius 3 is 1.67 bits per heavy atom. The smallest absolute Gasteiger partial charge is 0.460 e. The summed E-state index contributed by atoms with van der Waals surface area (Å²) in [5.74, 6) is -0.427. The summed E-state index contributed by atoms with van der Waals surface area (Å²) >= 11 is 0. The van der Waals surface area contributed by atoms with Crippen LogP contribution in [0.25, 0.3) is 0 Å². The third-order valence-corrected chi connectivity index (χ3v) is 31.6. The zero-order valence-electron chi connectivity index (χ0n) is 21.3. The minimum absolute atomic E-state index is 0.232. The first-order chi connectivity index (χ1) is 13.3. The highest BCUT2D eigenvalue weighted by molar-refractivity contribution is 7.38. The molecule has 0 heterocycles. The van der Waals surface area contributed by atoms with E-state index in [0.29, 0.717) is 13.2 Å². The molecule has 0 rings (SSSR count). The molecule has 0 aromatic heterocycles. The van der Waals surface area contributed by atoms with E-state index in [1.807, 2.05) is 0 Å². The van der Waals surface area contributed by atoms with E-state index in [4.69, 9.17) is 21.8 Å².